The highest BCUT2D eigenvalue weighted by Gasteiger charge is 2.07. The highest BCUT2D eigenvalue weighted by molar-refractivity contribution is 5.62. The fraction of sp³-hybridized carbons (Fsp3) is 0.154. The summed E-state index contributed by atoms with van der Waals surface area (Å²) in [5, 5.41) is 0. The molecule has 0 aromatic carbocycles. The second-order valence-electron chi connectivity index (χ2n) is 4.09. The van der Waals surface area contributed by atoms with Gasteiger partial charge in [0.15, 0.2) is 0 Å². The molecule has 3 aromatic rings. The van der Waals surface area contributed by atoms with Gasteiger partial charge in [-0.1, -0.05) is 0 Å². The second kappa shape index (κ2) is 4.19. The summed E-state index contributed by atoms with van der Waals surface area (Å²) in [6, 6.07) is 5.83. The van der Waals surface area contributed by atoms with Crippen molar-refractivity contribution in [2.24, 2.45) is 5.73 Å². The van der Waals surface area contributed by atoms with Crippen LogP contribution in [0.4, 0.5) is 0 Å². The van der Waals surface area contributed by atoms with E-state index in [1.165, 1.54) is 0 Å². The van der Waals surface area contributed by atoms with Crippen LogP contribution in [0.15, 0.2) is 36.8 Å². The van der Waals surface area contributed by atoms with Gasteiger partial charge >= 0.3 is 0 Å². The van der Waals surface area contributed by atoms with Gasteiger partial charge in [-0.3, -0.25) is 9.38 Å². The Bertz CT molecular complexity index is 687. The molecule has 0 saturated heterocycles. The van der Waals surface area contributed by atoms with Crippen LogP contribution in [0.3, 0.4) is 0 Å². The monoisotopic (exact) mass is 239 g/mol. The van der Waals surface area contributed by atoms with E-state index in [9.17, 15) is 0 Å². The number of rotatable bonds is 2. The summed E-state index contributed by atoms with van der Waals surface area (Å²) in [5.74, 6) is 0.888. The Kier molecular flexibility index (Phi) is 2.53. The van der Waals surface area contributed by atoms with Crippen LogP contribution in [0.1, 0.15) is 11.5 Å². The fourth-order valence-electron chi connectivity index (χ4n) is 1.95. The topological polar surface area (TPSA) is 69.1 Å². The molecule has 0 aliphatic heterocycles. The summed E-state index contributed by atoms with van der Waals surface area (Å²) in [5.41, 5.74) is 9.20. The maximum absolute atomic E-state index is 5.61. The molecule has 0 spiro atoms. The molecular formula is C13H13N5. The van der Waals surface area contributed by atoms with E-state index in [0.29, 0.717) is 6.54 Å². The Balaban J connectivity index is 2.21. The summed E-state index contributed by atoms with van der Waals surface area (Å²) in [6.45, 7) is 2.39. The molecule has 0 amide bonds. The van der Waals surface area contributed by atoms with E-state index in [1.807, 2.05) is 35.7 Å². The molecule has 0 unspecified atom stereocenters. The number of pyridine rings is 1. The summed E-state index contributed by atoms with van der Waals surface area (Å²) >= 11 is 0. The van der Waals surface area contributed by atoms with Crippen LogP contribution in [-0.4, -0.2) is 19.4 Å². The van der Waals surface area contributed by atoms with Crippen LogP contribution >= 0.6 is 0 Å². The van der Waals surface area contributed by atoms with Crippen LogP contribution < -0.4 is 5.73 Å². The van der Waals surface area contributed by atoms with E-state index < -0.39 is 0 Å². The number of fused-ring (bicyclic) bond motifs is 1. The largest absolute Gasteiger partial charge is 0.325 e. The van der Waals surface area contributed by atoms with Crippen LogP contribution in [0.5, 0.6) is 0 Å². The highest BCUT2D eigenvalue weighted by atomic mass is 15.1. The minimum Gasteiger partial charge on any atom is -0.325 e. The van der Waals surface area contributed by atoms with Gasteiger partial charge in [-0.25, -0.2) is 9.97 Å². The third kappa shape index (κ3) is 1.74. The van der Waals surface area contributed by atoms with Crippen LogP contribution in [-0.2, 0) is 6.54 Å². The molecule has 0 aliphatic carbocycles. The molecule has 0 bridgehead atoms. The Morgan fingerprint density at radius 2 is 2.22 bits per heavy atom. The number of aromatic nitrogens is 4. The molecule has 2 N–H and O–H groups in total. The molecular weight excluding hydrogens is 226 g/mol. The van der Waals surface area contributed by atoms with Crippen LogP contribution in [0.25, 0.3) is 16.9 Å². The standard InChI is InChI=1S/C13H13N5/c1-9-16-12(10-3-2-4-15-7-10)5-13-17-11(6-14)8-18(9)13/h2-5,7-8H,6,14H2,1H3. The lowest BCUT2D eigenvalue weighted by Crippen LogP contribution is -1.96. The molecule has 3 rings (SSSR count). The zero-order valence-corrected chi connectivity index (χ0v) is 10.0. The maximum Gasteiger partial charge on any atom is 0.140 e. The van der Waals surface area contributed by atoms with Crippen molar-refractivity contribution in [2.45, 2.75) is 13.5 Å². The van der Waals surface area contributed by atoms with Crippen LogP contribution in [0, 0.1) is 6.92 Å². The van der Waals surface area contributed by atoms with E-state index in [-0.39, 0.29) is 0 Å². The van der Waals surface area contributed by atoms with E-state index in [1.54, 1.807) is 12.4 Å². The second-order valence-corrected chi connectivity index (χ2v) is 4.09. The lowest BCUT2D eigenvalue weighted by atomic mass is 10.2. The van der Waals surface area contributed by atoms with Crippen molar-refractivity contribution in [2.75, 3.05) is 0 Å². The maximum atomic E-state index is 5.61. The zero-order chi connectivity index (χ0) is 12.5. The van der Waals surface area contributed by atoms with Gasteiger partial charge in [0.25, 0.3) is 0 Å². The van der Waals surface area contributed by atoms with Crippen molar-refractivity contribution in [1.82, 2.24) is 19.4 Å². The minimum absolute atomic E-state index is 0.434. The molecule has 0 radical (unpaired) electrons. The molecule has 0 atom stereocenters. The van der Waals surface area contributed by atoms with Crippen molar-refractivity contribution >= 4 is 5.65 Å². The van der Waals surface area contributed by atoms with E-state index in [2.05, 4.69) is 15.0 Å². The molecule has 5 nitrogen and oxygen atoms in total. The summed E-state index contributed by atoms with van der Waals surface area (Å²) in [4.78, 5) is 13.1. The third-order valence-corrected chi connectivity index (χ3v) is 2.85. The predicted octanol–water partition coefficient (Wildman–Crippen LogP) is 1.56. The van der Waals surface area contributed by atoms with E-state index in [4.69, 9.17) is 5.73 Å². The molecule has 3 aromatic heterocycles. The van der Waals surface area contributed by atoms with Crippen molar-refractivity contribution in [3.05, 3.63) is 48.3 Å². The van der Waals surface area contributed by atoms with E-state index >= 15 is 0 Å². The fourth-order valence-corrected chi connectivity index (χ4v) is 1.95. The van der Waals surface area contributed by atoms with Gasteiger partial charge in [0.2, 0.25) is 0 Å². The van der Waals surface area contributed by atoms with Crippen molar-refractivity contribution < 1.29 is 0 Å². The SMILES string of the molecule is Cc1nc(-c2cccnc2)cc2nc(CN)cn12. The smallest absolute Gasteiger partial charge is 0.140 e. The quantitative estimate of drug-likeness (QED) is 0.736. The Labute approximate surface area is 104 Å². The number of imidazole rings is 1. The Morgan fingerprint density at radius 1 is 1.33 bits per heavy atom. The normalized spacial score (nSPS) is 11.0. The number of aryl methyl sites for hydroxylation is 1. The van der Waals surface area contributed by atoms with Gasteiger partial charge in [-0.05, 0) is 19.1 Å². The first kappa shape index (κ1) is 10.9. The number of nitrogens with zero attached hydrogens (tertiary/aromatic N) is 4. The van der Waals surface area contributed by atoms with Gasteiger partial charge in [0, 0.05) is 36.8 Å². The van der Waals surface area contributed by atoms with Crippen molar-refractivity contribution in [3.8, 4) is 11.3 Å². The van der Waals surface area contributed by atoms with Gasteiger partial charge in [0.05, 0.1) is 11.4 Å². The Morgan fingerprint density at radius 3 is 2.94 bits per heavy atom. The zero-order valence-electron chi connectivity index (χ0n) is 10.0. The Hall–Kier alpha value is -2.27. The number of nitrogens with two attached hydrogens (primary N) is 1. The van der Waals surface area contributed by atoms with Gasteiger partial charge in [-0.15, -0.1) is 0 Å². The van der Waals surface area contributed by atoms with Crippen LogP contribution in [0.2, 0.25) is 0 Å². The number of hydrogen-bond acceptors (Lipinski definition) is 4. The van der Waals surface area contributed by atoms with Gasteiger partial charge < -0.3 is 5.73 Å². The van der Waals surface area contributed by atoms with Crippen molar-refractivity contribution in [1.29, 1.82) is 0 Å². The molecule has 0 aliphatic rings. The number of hydrogen-bond donors (Lipinski definition) is 1. The summed E-state index contributed by atoms with van der Waals surface area (Å²) < 4.78 is 1.95. The third-order valence-electron chi connectivity index (χ3n) is 2.85. The molecule has 5 heteroatoms. The minimum atomic E-state index is 0.434. The average Bonchev–Trinajstić information content (AvgIpc) is 2.83. The van der Waals surface area contributed by atoms with Crippen molar-refractivity contribution in [3.63, 3.8) is 0 Å². The first-order chi connectivity index (χ1) is 8.78. The van der Waals surface area contributed by atoms with Gasteiger partial charge in [-0.2, -0.15) is 0 Å². The summed E-state index contributed by atoms with van der Waals surface area (Å²) in [7, 11) is 0. The predicted molar refractivity (Wildman–Crippen MR) is 68.8 cm³/mol. The summed E-state index contributed by atoms with van der Waals surface area (Å²) in [6.07, 6.45) is 5.46. The molecule has 90 valence electrons. The molecule has 3 heterocycles. The highest BCUT2D eigenvalue weighted by Crippen LogP contribution is 2.18. The molecule has 0 fully saturated rings. The average molecular weight is 239 g/mol. The first-order valence-electron chi connectivity index (χ1n) is 5.74. The van der Waals surface area contributed by atoms with Gasteiger partial charge in [0.1, 0.15) is 11.5 Å². The molecule has 0 saturated carbocycles. The first-order valence-corrected chi connectivity index (χ1v) is 5.74. The molecule has 18 heavy (non-hydrogen) atoms. The lowest BCUT2D eigenvalue weighted by Gasteiger charge is -2.04. The lowest BCUT2D eigenvalue weighted by molar-refractivity contribution is 0.981. The van der Waals surface area contributed by atoms with E-state index in [0.717, 1.165) is 28.4 Å².